The molecule has 9 heteroatoms. The number of hydrogen-bond acceptors (Lipinski definition) is 7. The van der Waals surface area contributed by atoms with Crippen molar-refractivity contribution in [3.05, 3.63) is 36.0 Å². The fourth-order valence-corrected chi connectivity index (χ4v) is 4.06. The van der Waals surface area contributed by atoms with Gasteiger partial charge < -0.3 is 30.2 Å². The first-order valence-electron chi connectivity index (χ1n) is 11.8. The number of rotatable bonds is 9. The van der Waals surface area contributed by atoms with Gasteiger partial charge in [0.1, 0.15) is 17.1 Å². The van der Waals surface area contributed by atoms with Crippen LogP contribution >= 0.6 is 0 Å². The summed E-state index contributed by atoms with van der Waals surface area (Å²) in [5.74, 6) is 1.27. The number of pyridine rings is 1. The number of fused-ring (bicyclic) bond motifs is 1. The van der Waals surface area contributed by atoms with Crippen molar-refractivity contribution >= 4 is 22.8 Å². The molecular weight excluding hydrogens is 430 g/mol. The van der Waals surface area contributed by atoms with E-state index in [1.807, 2.05) is 49.5 Å². The van der Waals surface area contributed by atoms with E-state index in [0.717, 1.165) is 60.6 Å². The van der Waals surface area contributed by atoms with E-state index in [9.17, 15) is 4.79 Å². The number of carbonyl (C=O) groups excluding carboxylic acids is 1. The summed E-state index contributed by atoms with van der Waals surface area (Å²) in [5.41, 5.74) is 4.76. The van der Waals surface area contributed by atoms with Gasteiger partial charge in [0.05, 0.1) is 5.69 Å². The molecule has 0 saturated carbocycles. The Bertz CT molecular complexity index is 1100. The van der Waals surface area contributed by atoms with Gasteiger partial charge in [-0.2, -0.15) is 0 Å². The number of likely N-dealkylation sites (tertiary alicyclic amines) is 1. The number of imidazole rings is 1. The van der Waals surface area contributed by atoms with Gasteiger partial charge in [0.2, 0.25) is 0 Å². The number of ether oxygens (including phenoxy) is 1. The number of H-pyrrole nitrogens is 1. The molecule has 3 N–H and O–H groups in total. The number of carbonyl (C=O) groups is 1. The Balaban J connectivity index is 1.42. The lowest BCUT2D eigenvalue weighted by molar-refractivity contribution is -0.123. The van der Waals surface area contributed by atoms with Crippen molar-refractivity contribution in [3.8, 4) is 17.1 Å². The van der Waals surface area contributed by atoms with Crippen molar-refractivity contribution in [1.82, 2.24) is 30.1 Å². The van der Waals surface area contributed by atoms with Crippen LogP contribution in [0.1, 0.15) is 18.4 Å². The summed E-state index contributed by atoms with van der Waals surface area (Å²) in [4.78, 5) is 29.0. The molecule has 0 unspecified atom stereocenters. The molecule has 1 aliphatic heterocycles. The first-order valence-corrected chi connectivity index (χ1v) is 11.8. The van der Waals surface area contributed by atoms with E-state index in [2.05, 4.69) is 39.5 Å². The van der Waals surface area contributed by atoms with E-state index in [0.29, 0.717) is 24.0 Å². The minimum atomic E-state index is -0.130. The van der Waals surface area contributed by atoms with Crippen molar-refractivity contribution < 1.29 is 9.53 Å². The maximum absolute atomic E-state index is 11.9. The van der Waals surface area contributed by atoms with Gasteiger partial charge in [-0.15, -0.1) is 0 Å². The number of aromatic amines is 1. The highest BCUT2D eigenvalue weighted by atomic mass is 16.5. The summed E-state index contributed by atoms with van der Waals surface area (Å²) in [7, 11) is 6.11. The van der Waals surface area contributed by atoms with Crippen LogP contribution in [-0.4, -0.2) is 90.6 Å². The second-order valence-electron chi connectivity index (χ2n) is 9.29. The van der Waals surface area contributed by atoms with E-state index < -0.39 is 0 Å². The second-order valence-corrected chi connectivity index (χ2v) is 9.29. The zero-order chi connectivity index (χ0) is 24.1. The third-order valence-electron chi connectivity index (χ3n) is 6.16. The Hall–Kier alpha value is -3.17. The minimum Gasteiger partial charge on any atom is -0.484 e. The molecule has 3 heterocycles. The van der Waals surface area contributed by atoms with Crippen molar-refractivity contribution in [3.63, 3.8) is 0 Å². The zero-order valence-corrected chi connectivity index (χ0v) is 20.5. The monoisotopic (exact) mass is 465 g/mol. The molecule has 1 aromatic carbocycles. The molecule has 9 nitrogen and oxygen atoms in total. The number of amides is 1. The highest BCUT2D eigenvalue weighted by Gasteiger charge is 2.19. The van der Waals surface area contributed by atoms with E-state index in [1.54, 1.807) is 0 Å². The van der Waals surface area contributed by atoms with Gasteiger partial charge >= 0.3 is 0 Å². The molecular formula is C25H35N7O2. The average molecular weight is 466 g/mol. The summed E-state index contributed by atoms with van der Waals surface area (Å²) in [5, 5.41) is 6.58. The maximum atomic E-state index is 11.9. The van der Waals surface area contributed by atoms with Crippen LogP contribution in [0.3, 0.4) is 0 Å². The number of anilines is 1. The molecule has 3 aromatic rings. The molecule has 1 fully saturated rings. The van der Waals surface area contributed by atoms with Crippen molar-refractivity contribution in [2.24, 2.45) is 0 Å². The molecule has 0 spiro atoms. The molecule has 4 rings (SSSR count). The molecule has 0 aliphatic carbocycles. The predicted molar refractivity (Wildman–Crippen MR) is 135 cm³/mol. The largest absolute Gasteiger partial charge is 0.484 e. The fourth-order valence-electron chi connectivity index (χ4n) is 4.06. The van der Waals surface area contributed by atoms with Gasteiger partial charge in [-0.1, -0.05) is 0 Å². The summed E-state index contributed by atoms with van der Waals surface area (Å²) < 4.78 is 5.62. The van der Waals surface area contributed by atoms with Crippen molar-refractivity contribution in [2.45, 2.75) is 25.8 Å². The topological polar surface area (TPSA) is 98.4 Å². The summed E-state index contributed by atoms with van der Waals surface area (Å²) in [6.45, 7) is 5.67. The number of likely N-dealkylation sites (N-methyl/N-ethyl adjacent to an activating group) is 1. The molecule has 1 amide bonds. The van der Waals surface area contributed by atoms with Crippen LogP contribution in [0.5, 0.6) is 5.75 Å². The Morgan fingerprint density at radius 2 is 1.97 bits per heavy atom. The third kappa shape index (κ3) is 6.03. The van der Waals surface area contributed by atoms with Crippen molar-refractivity contribution in [2.75, 3.05) is 59.2 Å². The normalized spacial score (nSPS) is 15.1. The highest BCUT2D eigenvalue weighted by Crippen LogP contribution is 2.29. The molecule has 34 heavy (non-hydrogen) atoms. The van der Waals surface area contributed by atoms with Gasteiger partial charge in [0, 0.05) is 30.9 Å². The summed E-state index contributed by atoms with van der Waals surface area (Å²) in [6.07, 6.45) is 4.12. The SMILES string of the molecule is Cc1cnc2nc(-c3ccc(OCC(=O)NCCN(C)C)cc3)[nH]c2c1NC1CCN(C)CC1. The van der Waals surface area contributed by atoms with E-state index in [-0.39, 0.29) is 12.5 Å². The number of nitrogens with zero attached hydrogens (tertiary/aromatic N) is 4. The van der Waals surface area contributed by atoms with Crippen LogP contribution in [0.15, 0.2) is 30.5 Å². The predicted octanol–water partition coefficient (Wildman–Crippen LogP) is 2.50. The number of benzene rings is 1. The quantitative estimate of drug-likeness (QED) is 0.447. The number of hydrogen-bond donors (Lipinski definition) is 3. The maximum Gasteiger partial charge on any atom is 0.257 e. The molecule has 2 aromatic heterocycles. The van der Waals surface area contributed by atoms with Crippen LogP contribution in [0.2, 0.25) is 0 Å². The van der Waals surface area contributed by atoms with Crippen LogP contribution in [0.25, 0.3) is 22.6 Å². The van der Waals surface area contributed by atoms with Gasteiger partial charge in [-0.3, -0.25) is 4.79 Å². The molecule has 0 atom stereocenters. The molecule has 0 bridgehead atoms. The second kappa shape index (κ2) is 10.8. The number of aromatic nitrogens is 3. The average Bonchev–Trinajstić information content (AvgIpc) is 3.26. The molecule has 182 valence electrons. The Labute approximate surface area is 200 Å². The Morgan fingerprint density at radius 1 is 1.24 bits per heavy atom. The van der Waals surface area contributed by atoms with Crippen LogP contribution in [0, 0.1) is 6.92 Å². The standard InChI is InChI=1S/C25H35N7O2/c1-17-15-27-25-23(22(17)28-19-9-12-32(4)13-10-19)29-24(30-25)18-5-7-20(8-6-18)34-16-21(33)26-11-14-31(2)3/h5-8,15,19H,9-14,16H2,1-4H3,(H,26,33)(H2,27,28,29,30). The molecule has 0 radical (unpaired) electrons. The zero-order valence-electron chi connectivity index (χ0n) is 20.5. The third-order valence-corrected chi connectivity index (χ3v) is 6.16. The molecule has 1 saturated heterocycles. The molecule has 1 aliphatic rings. The van der Waals surface area contributed by atoms with E-state index >= 15 is 0 Å². The van der Waals surface area contributed by atoms with Crippen LogP contribution in [0.4, 0.5) is 5.69 Å². The number of aryl methyl sites for hydroxylation is 1. The smallest absolute Gasteiger partial charge is 0.257 e. The van der Waals surface area contributed by atoms with Crippen LogP contribution in [-0.2, 0) is 4.79 Å². The number of nitrogens with one attached hydrogen (secondary N) is 3. The Morgan fingerprint density at radius 3 is 2.68 bits per heavy atom. The van der Waals surface area contributed by atoms with Crippen LogP contribution < -0.4 is 15.4 Å². The lowest BCUT2D eigenvalue weighted by Gasteiger charge is -2.30. The Kier molecular flexibility index (Phi) is 7.64. The first kappa shape index (κ1) is 24.0. The lowest BCUT2D eigenvalue weighted by Crippen LogP contribution is -2.36. The van der Waals surface area contributed by atoms with E-state index in [4.69, 9.17) is 9.72 Å². The van der Waals surface area contributed by atoms with Gasteiger partial charge in [-0.05, 0) is 83.8 Å². The van der Waals surface area contributed by atoms with E-state index in [1.165, 1.54) is 0 Å². The first-order chi connectivity index (χ1) is 16.4. The van der Waals surface area contributed by atoms with Crippen molar-refractivity contribution in [1.29, 1.82) is 0 Å². The van der Waals surface area contributed by atoms with Gasteiger partial charge in [0.15, 0.2) is 12.3 Å². The number of piperidine rings is 1. The fraction of sp³-hybridized carbons (Fsp3) is 0.480. The summed E-state index contributed by atoms with van der Waals surface area (Å²) in [6, 6.07) is 8.03. The van der Waals surface area contributed by atoms with Gasteiger partial charge in [0.25, 0.3) is 5.91 Å². The minimum absolute atomic E-state index is 0.00734. The van der Waals surface area contributed by atoms with Gasteiger partial charge in [-0.25, -0.2) is 9.97 Å². The lowest BCUT2D eigenvalue weighted by atomic mass is 10.0. The highest BCUT2D eigenvalue weighted by molar-refractivity contribution is 5.89. The summed E-state index contributed by atoms with van der Waals surface area (Å²) >= 11 is 0.